The zero-order chi connectivity index (χ0) is 13.1. The lowest BCUT2D eigenvalue weighted by Gasteiger charge is -2.26. The van der Waals surface area contributed by atoms with Crippen molar-refractivity contribution in [2.45, 2.75) is 51.3 Å². The maximum Gasteiger partial charge on any atom is 0.120 e. The smallest absolute Gasteiger partial charge is 0.120 e. The maximum atomic E-state index is 9.46. The molecule has 1 fully saturated rings. The minimum Gasteiger partial charge on any atom is -0.393 e. The average molecular weight is 247 g/mol. The fourth-order valence-corrected chi connectivity index (χ4v) is 2.58. The number of hydrogen-bond donors (Lipinski definition) is 2. The Kier molecular flexibility index (Phi) is 4.05. The van der Waals surface area contributed by atoms with Crippen LogP contribution in [0.2, 0.25) is 0 Å². The Morgan fingerprint density at radius 1 is 1.44 bits per heavy atom. The number of nitrogens with one attached hydrogen (secondary N) is 1. The molecule has 0 bridgehead atoms. The van der Waals surface area contributed by atoms with Gasteiger partial charge in [0.15, 0.2) is 0 Å². The molecule has 98 valence electrons. The van der Waals surface area contributed by atoms with Gasteiger partial charge in [-0.25, -0.2) is 0 Å². The van der Waals surface area contributed by atoms with Crippen LogP contribution in [-0.2, 0) is 13.6 Å². The summed E-state index contributed by atoms with van der Waals surface area (Å²) in [5.41, 5.74) is 3.05. The van der Waals surface area contributed by atoms with Crippen LogP contribution in [0.1, 0.15) is 42.6 Å². The van der Waals surface area contributed by atoms with E-state index in [0.29, 0.717) is 11.7 Å². The van der Waals surface area contributed by atoms with Crippen LogP contribution in [0.25, 0.3) is 0 Å². The molecule has 0 aliphatic heterocycles. The third-order valence-corrected chi connectivity index (χ3v) is 4.03. The summed E-state index contributed by atoms with van der Waals surface area (Å²) in [4.78, 5) is 0. The number of nitriles is 1. The monoisotopic (exact) mass is 247 g/mol. The Hall–Kier alpha value is -1.31. The van der Waals surface area contributed by atoms with E-state index in [1.165, 1.54) is 5.56 Å². The highest BCUT2D eigenvalue weighted by Gasteiger charge is 2.19. The molecule has 4 nitrogen and oxygen atoms in total. The van der Waals surface area contributed by atoms with Crippen molar-refractivity contribution in [2.75, 3.05) is 0 Å². The normalized spacial score (nSPS) is 23.9. The first-order valence-corrected chi connectivity index (χ1v) is 6.58. The van der Waals surface area contributed by atoms with Crippen LogP contribution in [0.5, 0.6) is 0 Å². The molecule has 1 aliphatic rings. The fourth-order valence-electron chi connectivity index (χ4n) is 2.58. The summed E-state index contributed by atoms with van der Waals surface area (Å²) in [5.74, 6) is 0. The molecule has 0 atom stereocenters. The molecule has 4 heteroatoms. The molecule has 1 aromatic rings. The van der Waals surface area contributed by atoms with E-state index in [9.17, 15) is 5.11 Å². The summed E-state index contributed by atoms with van der Waals surface area (Å²) in [6.07, 6.45) is 3.77. The van der Waals surface area contributed by atoms with Crippen molar-refractivity contribution in [3.05, 3.63) is 23.0 Å². The van der Waals surface area contributed by atoms with E-state index in [1.807, 2.05) is 24.6 Å². The lowest BCUT2D eigenvalue weighted by atomic mass is 9.93. The van der Waals surface area contributed by atoms with Gasteiger partial charge in [-0.15, -0.1) is 0 Å². The number of hydrogen-bond acceptors (Lipinski definition) is 3. The van der Waals surface area contributed by atoms with Gasteiger partial charge >= 0.3 is 0 Å². The van der Waals surface area contributed by atoms with Crippen LogP contribution in [0.4, 0.5) is 0 Å². The lowest BCUT2D eigenvalue weighted by molar-refractivity contribution is 0.116. The number of aromatic nitrogens is 1. The summed E-state index contributed by atoms with van der Waals surface area (Å²) in [7, 11) is 1.92. The van der Waals surface area contributed by atoms with Crippen LogP contribution in [0.3, 0.4) is 0 Å². The summed E-state index contributed by atoms with van der Waals surface area (Å²) < 4.78 is 1.93. The highest BCUT2D eigenvalue weighted by molar-refractivity contribution is 5.34. The summed E-state index contributed by atoms with van der Waals surface area (Å²) >= 11 is 0. The minimum absolute atomic E-state index is 0.105. The van der Waals surface area contributed by atoms with Crippen molar-refractivity contribution in [2.24, 2.45) is 7.05 Å². The van der Waals surface area contributed by atoms with E-state index in [0.717, 1.165) is 37.9 Å². The number of aliphatic hydroxyl groups is 1. The molecule has 0 radical (unpaired) electrons. The van der Waals surface area contributed by atoms with Gasteiger partial charge in [0.05, 0.1) is 6.10 Å². The predicted octanol–water partition coefficient (Wildman–Crippen LogP) is 1.60. The molecular formula is C14H21N3O. The quantitative estimate of drug-likeness (QED) is 0.853. The van der Waals surface area contributed by atoms with Gasteiger partial charge in [0.1, 0.15) is 11.8 Å². The second kappa shape index (κ2) is 5.55. The minimum atomic E-state index is -0.105. The van der Waals surface area contributed by atoms with Gasteiger partial charge in [-0.2, -0.15) is 5.26 Å². The molecule has 1 aliphatic carbocycles. The standard InChI is InChI=1S/C14H21N3O/c1-10-11(7-13(8-15)17(10)2)9-16-12-3-5-14(18)6-4-12/h7,12,14,16,18H,3-6,9H2,1-2H3. The van der Waals surface area contributed by atoms with Crippen molar-refractivity contribution in [3.63, 3.8) is 0 Å². The van der Waals surface area contributed by atoms with E-state index in [4.69, 9.17) is 5.26 Å². The lowest BCUT2D eigenvalue weighted by Crippen LogP contribution is -2.34. The van der Waals surface area contributed by atoms with Crippen molar-refractivity contribution in [1.29, 1.82) is 5.26 Å². The van der Waals surface area contributed by atoms with Gasteiger partial charge in [-0.1, -0.05) is 0 Å². The SMILES string of the molecule is Cc1c(CNC2CCC(O)CC2)cc(C#N)n1C. The average Bonchev–Trinajstić information content (AvgIpc) is 2.65. The van der Waals surface area contributed by atoms with Gasteiger partial charge in [0.25, 0.3) is 0 Å². The first-order valence-electron chi connectivity index (χ1n) is 6.58. The molecule has 1 aromatic heterocycles. The summed E-state index contributed by atoms with van der Waals surface area (Å²) in [5, 5.41) is 22.0. The zero-order valence-corrected chi connectivity index (χ0v) is 11.1. The third kappa shape index (κ3) is 2.74. The van der Waals surface area contributed by atoms with E-state index in [2.05, 4.69) is 11.4 Å². The summed E-state index contributed by atoms with van der Waals surface area (Å²) in [6, 6.07) is 4.66. The first kappa shape index (κ1) is 13.1. The molecule has 1 saturated carbocycles. The Balaban J connectivity index is 1.93. The number of nitrogens with zero attached hydrogens (tertiary/aromatic N) is 2. The van der Waals surface area contributed by atoms with Crippen LogP contribution in [0, 0.1) is 18.3 Å². The van der Waals surface area contributed by atoms with E-state index < -0.39 is 0 Å². The van der Waals surface area contributed by atoms with Crippen molar-refractivity contribution in [1.82, 2.24) is 9.88 Å². The number of aliphatic hydroxyl groups excluding tert-OH is 1. The van der Waals surface area contributed by atoms with Gasteiger partial charge in [-0.3, -0.25) is 0 Å². The van der Waals surface area contributed by atoms with E-state index >= 15 is 0 Å². The third-order valence-electron chi connectivity index (χ3n) is 4.03. The van der Waals surface area contributed by atoms with Crippen molar-refractivity contribution >= 4 is 0 Å². The molecule has 2 N–H and O–H groups in total. The van der Waals surface area contributed by atoms with Gasteiger partial charge < -0.3 is 15.0 Å². The number of rotatable bonds is 3. The van der Waals surface area contributed by atoms with Crippen LogP contribution >= 0.6 is 0 Å². The second-order valence-electron chi connectivity index (χ2n) is 5.20. The van der Waals surface area contributed by atoms with Crippen LogP contribution < -0.4 is 5.32 Å². The maximum absolute atomic E-state index is 9.46. The van der Waals surface area contributed by atoms with Gasteiger partial charge in [-0.05, 0) is 44.2 Å². The highest BCUT2D eigenvalue weighted by atomic mass is 16.3. The molecule has 0 amide bonds. The Bertz CT molecular complexity index is 450. The van der Waals surface area contributed by atoms with Crippen molar-refractivity contribution < 1.29 is 5.11 Å². The molecule has 0 aromatic carbocycles. The van der Waals surface area contributed by atoms with Crippen LogP contribution in [0.15, 0.2) is 6.07 Å². The second-order valence-corrected chi connectivity index (χ2v) is 5.20. The molecule has 0 spiro atoms. The van der Waals surface area contributed by atoms with E-state index in [1.54, 1.807) is 0 Å². The topological polar surface area (TPSA) is 61.0 Å². The Morgan fingerprint density at radius 2 is 2.11 bits per heavy atom. The molecule has 1 heterocycles. The predicted molar refractivity (Wildman–Crippen MR) is 70.0 cm³/mol. The van der Waals surface area contributed by atoms with Crippen LogP contribution in [-0.4, -0.2) is 21.8 Å². The van der Waals surface area contributed by atoms with Gasteiger partial charge in [0, 0.05) is 25.3 Å². The summed E-state index contributed by atoms with van der Waals surface area (Å²) in [6.45, 7) is 2.85. The fraction of sp³-hybridized carbons (Fsp3) is 0.643. The van der Waals surface area contributed by atoms with E-state index in [-0.39, 0.29) is 6.10 Å². The molecule has 0 saturated heterocycles. The van der Waals surface area contributed by atoms with Crippen molar-refractivity contribution in [3.8, 4) is 6.07 Å². The highest BCUT2D eigenvalue weighted by Crippen LogP contribution is 2.19. The molecule has 2 rings (SSSR count). The largest absolute Gasteiger partial charge is 0.393 e. The first-order chi connectivity index (χ1) is 8.61. The Labute approximate surface area is 108 Å². The molecular weight excluding hydrogens is 226 g/mol. The molecule has 18 heavy (non-hydrogen) atoms. The molecule has 0 unspecified atom stereocenters. The zero-order valence-electron chi connectivity index (χ0n) is 11.1. The van der Waals surface area contributed by atoms with Gasteiger partial charge in [0.2, 0.25) is 0 Å². The Morgan fingerprint density at radius 3 is 2.67 bits per heavy atom.